The summed E-state index contributed by atoms with van der Waals surface area (Å²) in [7, 11) is 0. The van der Waals surface area contributed by atoms with E-state index >= 15 is 0 Å². The molecule has 0 saturated carbocycles. The van der Waals surface area contributed by atoms with Crippen molar-refractivity contribution in [3.8, 4) is 0 Å². The summed E-state index contributed by atoms with van der Waals surface area (Å²) < 4.78 is 0. The maximum Gasteiger partial charge on any atom is 0.0796 e. The van der Waals surface area contributed by atoms with Crippen molar-refractivity contribution in [3.63, 3.8) is 0 Å². The molecule has 2 rings (SSSR count). The molecule has 0 bridgehead atoms. The lowest BCUT2D eigenvalue weighted by Crippen LogP contribution is -2.26. The van der Waals surface area contributed by atoms with Crippen molar-refractivity contribution in [3.05, 3.63) is 65.4 Å². The Morgan fingerprint density at radius 2 is 1.84 bits per heavy atom. The Hall–Kier alpha value is -1.80. The first-order valence-corrected chi connectivity index (χ1v) is 6.78. The SMILES string of the molecule is C=C1C(CC)=CC(C)=C(c2ccccc2)N1OCC. The van der Waals surface area contributed by atoms with Crippen LogP contribution in [0.5, 0.6) is 0 Å². The molecule has 2 nitrogen and oxygen atoms in total. The molecule has 1 aliphatic rings. The van der Waals surface area contributed by atoms with Gasteiger partial charge in [-0.25, -0.2) is 5.06 Å². The van der Waals surface area contributed by atoms with Crippen LogP contribution in [-0.2, 0) is 4.84 Å². The first-order chi connectivity index (χ1) is 9.19. The number of hydrogen-bond donors (Lipinski definition) is 0. The summed E-state index contributed by atoms with van der Waals surface area (Å²) in [6.45, 7) is 11.1. The fourth-order valence-corrected chi connectivity index (χ4v) is 2.36. The van der Waals surface area contributed by atoms with Crippen LogP contribution in [0, 0.1) is 0 Å². The van der Waals surface area contributed by atoms with E-state index in [4.69, 9.17) is 4.84 Å². The van der Waals surface area contributed by atoms with Gasteiger partial charge in [-0.2, -0.15) is 0 Å². The summed E-state index contributed by atoms with van der Waals surface area (Å²) in [5.74, 6) is 0. The standard InChI is InChI=1S/C17H21NO/c1-5-15-12-13(3)17(16-10-8-7-9-11-16)18(14(15)4)19-6-2/h7-12H,4-6H2,1-3H3. The molecular formula is C17H21NO. The van der Waals surface area contributed by atoms with Crippen LogP contribution in [-0.4, -0.2) is 11.7 Å². The van der Waals surface area contributed by atoms with E-state index in [0.717, 1.165) is 23.4 Å². The van der Waals surface area contributed by atoms with Gasteiger partial charge in [-0.05, 0) is 31.4 Å². The molecule has 19 heavy (non-hydrogen) atoms. The van der Waals surface area contributed by atoms with E-state index in [1.165, 1.54) is 11.1 Å². The average Bonchev–Trinajstić information content (AvgIpc) is 2.44. The van der Waals surface area contributed by atoms with Gasteiger partial charge in [0.05, 0.1) is 18.0 Å². The third-order valence-electron chi connectivity index (χ3n) is 3.27. The quantitative estimate of drug-likeness (QED) is 0.783. The van der Waals surface area contributed by atoms with Crippen LogP contribution in [0.1, 0.15) is 32.8 Å². The van der Waals surface area contributed by atoms with Gasteiger partial charge in [0.1, 0.15) is 0 Å². The average molecular weight is 255 g/mol. The Morgan fingerprint density at radius 1 is 1.16 bits per heavy atom. The van der Waals surface area contributed by atoms with Crippen LogP contribution in [0.3, 0.4) is 0 Å². The largest absolute Gasteiger partial charge is 0.269 e. The Bertz CT molecular complexity index is 525. The van der Waals surface area contributed by atoms with Crippen molar-refractivity contribution in [2.24, 2.45) is 0 Å². The van der Waals surface area contributed by atoms with Gasteiger partial charge in [0.15, 0.2) is 0 Å². The molecule has 1 aromatic rings. The summed E-state index contributed by atoms with van der Waals surface area (Å²) in [5, 5.41) is 1.88. The molecule has 2 heteroatoms. The van der Waals surface area contributed by atoms with Crippen molar-refractivity contribution in [2.45, 2.75) is 27.2 Å². The molecule has 1 aliphatic heterocycles. The van der Waals surface area contributed by atoms with Gasteiger partial charge in [0, 0.05) is 5.56 Å². The van der Waals surface area contributed by atoms with Gasteiger partial charge < -0.3 is 0 Å². The van der Waals surface area contributed by atoms with Crippen molar-refractivity contribution < 1.29 is 4.84 Å². The van der Waals surface area contributed by atoms with Crippen LogP contribution in [0.15, 0.2) is 59.8 Å². The summed E-state index contributed by atoms with van der Waals surface area (Å²) in [6.07, 6.45) is 3.17. The van der Waals surface area contributed by atoms with Crippen molar-refractivity contribution in [1.82, 2.24) is 5.06 Å². The first-order valence-electron chi connectivity index (χ1n) is 6.78. The van der Waals surface area contributed by atoms with Gasteiger partial charge >= 0.3 is 0 Å². The zero-order valence-electron chi connectivity index (χ0n) is 11.9. The first kappa shape index (κ1) is 13.6. The van der Waals surface area contributed by atoms with Crippen LogP contribution < -0.4 is 0 Å². The fourth-order valence-electron chi connectivity index (χ4n) is 2.36. The summed E-state index contributed by atoms with van der Waals surface area (Å²) in [4.78, 5) is 5.80. The van der Waals surface area contributed by atoms with Crippen LogP contribution in [0.25, 0.3) is 5.70 Å². The number of nitrogens with zero attached hydrogens (tertiary/aromatic N) is 1. The zero-order valence-corrected chi connectivity index (χ0v) is 11.9. The van der Waals surface area contributed by atoms with Gasteiger partial charge in [0.25, 0.3) is 0 Å². The normalized spacial score (nSPS) is 15.8. The maximum absolute atomic E-state index is 5.80. The highest BCUT2D eigenvalue weighted by Crippen LogP contribution is 2.35. The minimum atomic E-state index is 0.625. The molecule has 0 atom stereocenters. The second-order valence-corrected chi connectivity index (χ2v) is 4.58. The molecule has 100 valence electrons. The van der Waals surface area contributed by atoms with Gasteiger partial charge in [-0.15, -0.1) is 0 Å². The lowest BCUT2D eigenvalue weighted by atomic mass is 9.97. The Kier molecular flexibility index (Phi) is 4.23. The van der Waals surface area contributed by atoms with E-state index in [-0.39, 0.29) is 0 Å². The summed E-state index contributed by atoms with van der Waals surface area (Å²) >= 11 is 0. The Labute approximate surface area is 115 Å². The minimum absolute atomic E-state index is 0.625. The molecule has 0 amide bonds. The van der Waals surface area contributed by atoms with Crippen molar-refractivity contribution in [2.75, 3.05) is 6.61 Å². The third-order valence-corrected chi connectivity index (χ3v) is 3.27. The highest BCUT2D eigenvalue weighted by atomic mass is 16.7. The smallest absolute Gasteiger partial charge is 0.0796 e. The van der Waals surface area contributed by atoms with Gasteiger partial charge in [-0.3, -0.25) is 4.84 Å². The predicted molar refractivity (Wildman–Crippen MR) is 80.0 cm³/mol. The van der Waals surface area contributed by atoms with Gasteiger partial charge in [0.2, 0.25) is 0 Å². The lowest BCUT2D eigenvalue weighted by molar-refractivity contribution is -0.0742. The molecule has 0 saturated heterocycles. The molecule has 0 N–H and O–H groups in total. The lowest BCUT2D eigenvalue weighted by Gasteiger charge is -2.33. The number of allylic oxidation sites excluding steroid dienone is 3. The van der Waals surface area contributed by atoms with E-state index in [1.54, 1.807) is 0 Å². The predicted octanol–water partition coefficient (Wildman–Crippen LogP) is 4.53. The molecular weight excluding hydrogens is 234 g/mol. The highest BCUT2D eigenvalue weighted by molar-refractivity contribution is 5.73. The molecule has 0 aliphatic carbocycles. The van der Waals surface area contributed by atoms with Crippen molar-refractivity contribution >= 4 is 5.70 Å². The summed E-state index contributed by atoms with van der Waals surface area (Å²) in [6, 6.07) is 10.3. The topological polar surface area (TPSA) is 12.5 Å². The molecule has 1 aromatic carbocycles. The molecule has 0 fully saturated rings. The number of rotatable bonds is 4. The maximum atomic E-state index is 5.80. The van der Waals surface area contributed by atoms with E-state index in [9.17, 15) is 0 Å². The van der Waals surface area contributed by atoms with Gasteiger partial charge in [-0.1, -0.05) is 49.9 Å². The monoisotopic (exact) mass is 255 g/mol. The Balaban J connectivity index is 2.52. The van der Waals surface area contributed by atoms with Crippen LogP contribution in [0.4, 0.5) is 0 Å². The van der Waals surface area contributed by atoms with E-state index < -0.39 is 0 Å². The number of hydrogen-bond acceptors (Lipinski definition) is 2. The molecule has 0 spiro atoms. The second-order valence-electron chi connectivity index (χ2n) is 4.58. The Morgan fingerprint density at radius 3 is 2.42 bits per heavy atom. The highest BCUT2D eigenvalue weighted by Gasteiger charge is 2.23. The van der Waals surface area contributed by atoms with Crippen molar-refractivity contribution in [1.29, 1.82) is 0 Å². The zero-order chi connectivity index (χ0) is 13.8. The van der Waals surface area contributed by atoms with Crippen LogP contribution >= 0.6 is 0 Å². The molecule has 0 aromatic heterocycles. The fraction of sp³-hybridized carbons (Fsp3) is 0.294. The van der Waals surface area contributed by atoms with E-state index in [1.807, 2.05) is 30.2 Å². The second kappa shape index (κ2) is 5.89. The minimum Gasteiger partial charge on any atom is -0.269 e. The molecule has 1 heterocycles. The molecule has 0 unspecified atom stereocenters. The van der Waals surface area contributed by atoms with Crippen LogP contribution in [0.2, 0.25) is 0 Å². The van der Waals surface area contributed by atoms with E-state index in [2.05, 4.69) is 38.6 Å². The number of benzene rings is 1. The molecule has 0 radical (unpaired) electrons. The van der Waals surface area contributed by atoms with E-state index in [0.29, 0.717) is 6.61 Å². The third kappa shape index (κ3) is 2.64. The summed E-state index contributed by atoms with van der Waals surface area (Å²) in [5.41, 5.74) is 5.62. The number of hydroxylamine groups is 2.